The number of nitrogens with zero attached hydrogens (tertiary/aromatic N) is 1. The number of pyridine rings is 1. The molecule has 0 saturated carbocycles. The molecule has 1 atom stereocenters. The Kier molecular flexibility index (Phi) is 3.55. The highest BCUT2D eigenvalue weighted by Gasteiger charge is 2.09. The Balaban J connectivity index is 2.21. The maximum Gasteiger partial charge on any atom is 0.141 e. The van der Waals surface area contributed by atoms with E-state index < -0.39 is 0 Å². The number of halogens is 2. The van der Waals surface area contributed by atoms with Gasteiger partial charge >= 0.3 is 0 Å². The monoisotopic (exact) mass is 248 g/mol. The molecular formula is C14H14F2N2. The largest absolute Gasteiger partial charge is 0.378 e. The molecule has 0 fully saturated rings. The molecule has 0 aliphatic carbocycles. The molecule has 2 nitrogen and oxygen atoms in total. The van der Waals surface area contributed by atoms with E-state index in [0.29, 0.717) is 11.3 Å². The first kappa shape index (κ1) is 12.5. The lowest BCUT2D eigenvalue weighted by atomic mass is 10.1. The van der Waals surface area contributed by atoms with Gasteiger partial charge in [-0.25, -0.2) is 8.78 Å². The summed E-state index contributed by atoms with van der Waals surface area (Å²) in [5.74, 6) is -0.637. The summed E-state index contributed by atoms with van der Waals surface area (Å²) < 4.78 is 26.4. The van der Waals surface area contributed by atoms with Crippen LogP contribution in [0, 0.1) is 18.6 Å². The van der Waals surface area contributed by atoms with Gasteiger partial charge in [0.1, 0.15) is 11.6 Å². The van der Waals surface area contributed by atoms with Crippen molar-refractivity contribution in [3.63, 3.8) is 0 Å². The highest BCUT2D eigenvalue weighted by Crippen LogP contribution is 2.23. The van der Waals surface area contributed by atoms with Crippen molar-refractivity contribution < 1.29 is 8.78 Å². The Hall–Kier alpha value is -1.97. The van der Waals surface area contributed by atoms with E-state index in [1.807, 2.05) is 6.92 Å². The summed E-state index contributed by atoms with van der Waals surface area (Å²) in [6.07, 6.45) is 2.75. The Bertz CT molecular complexity index is 555. The quantitative estimate of drug-likeness (QED) is 0.892. The van der Waals surface area contributed by atoms with Crippen LogP contribution in [0.15, 0.2) is 36.7 Å². The number of hydrogen-bond acceptors (Lipinski definition) is 2. The van der Waals surface area contributed by atoms with E-state index in [9.17, 15) is 8.78 Å². The number of anilines is 1. The van der Waals surface area contributed by atoms with Crippen molar-refractivity contribution in [1.82, 2.24) is 4.98 Å². The van der Waals surface area contributed by atoms with Crippen molar-refractivity contribution in [2.45, 2.75) is 19.9 Å². The van der Waals surface area contributed by atoms with Crippen LogP contribution in [-0.4, -0.2) is 4.98 Å². The predicted molar refractivity (Wildman–Crippen MR) is 67.4 cm³/mol. The molecule has 1 aromatic heterocycles. The standard InChI is InChI=1S/C14H14F2N2/c1-9-13(16)4-3-5-14(9)18-10(2)11-6-12(15)8-17-7-11/h3-8,10,18H,1-2H3. The van der Waals surface area contributed by atoms with Gasteiger partial charge in [-0.15, -0.1) is 0 Å². The van der Waals surface area contributed by atoms with E-state index in [2.05, 4.69) is 10.3 Å². The molecule has 0 radical (unpaired) electrons. The number of benzene rings is 1. The lowest BCUT2D eigenvalue weighted by molar-refractivity contribution is 0.614. The van der Waals surface area contributed by atoms with E-state index in [4.69, 9.17) is 0 Å². The minimum Gasteiger partial charge on any atom is -0.378 e. The molecule has 18 heavy (non-hydrogen) atoms. The topological polar surface area (TPSA) is 24.9 Å². The van der Waals surface area contributed by atoms with Gasteiger partial charge in [0.15, 0.2) is 0 Å². The zero-order chi connectivity index (χ0) is 13.1. The minimum absolute atomic E-state index is 0.145. The van der Waals surface area contributed by atoms with E-state index in [1.54, 1.807) is 25.3 Å². The van der Waals surface area contributed by atoms with Gasteiger partial charge in [-0.05, 0) is 37.6 Å². The normalized spacial score (nSPS) is 12.2. The lowest BCUT2D eigenvalue weighted by Gasteiger charge is -2.17. The van der Waals surface area contributed by atoms with Crippen molar-refractivity contribution in [3.8, 4) is 0 Å². The highest BCUT2D eigenvalue weighted by molar-refractivity contribution is 5.52. The second kappa shape index (κ2) is 5.12. The molecule has 2 rings (SSSR count). The van der Waals surface area contributed by atoms with Gasteiger partial charge in [0.25, 0.3) is 0 Å². The van der Waals surface area contributed by atoms with Gasteiger partial charge < -0.3 is 5.32 Å². The van der Waals surface area contributed by atoms with Gasteiger partial charge in [0, 0.05) is 17.4 Å². The minimum atomic E-state index is -0.378. The second-order valence-corrected chi connectivity index (χ2v) is 4.21. The molecule has 0 amide bonds. The van der Waals surface area contributed by atoms with Crippen LogP contribution in [0.3, 0.4) is 0 Å². The Labute approximate surface area is 105 Å². The van der Waals surface area contributed by atoms with E-state index in [0.717, 1.165) is 11.8 Å². The summed E-state index contributed by atoms with van der Waals surface area (Å²) in [5, 5.41) is 3.15. The van der Waals surface area contributed by atoms with Crippen molar-refractivity contribution in [1.29, 1.82) is 0 Å². The van der Waals surface area contributed by atoms with Crippen molar-refractivity contribution in [3.05, 3.63) is 59.4 Å². The SMILES string of the molecule is Cc1c(F)cccc1NC(C)c1cncc(F)c1. The first-order valence-corrected chi connectivity index (χ1v) is 5.70. The summed E-state index contributed by atoms with van der Waals surface area (Å²) >= 11 is 0. The first-order valence-electron chi connectivity index (χ1n) is 5.70. The van der Waals surface area contributed by atoms with Crippen LogP contribution >= 0.6 is 0 Å². The van der Waals surface area contributed by atoms with Crippen LogP contribution in [0.4, 0.5) is 14.5 Å². The zero-order valence-corrected chi connectivity index (χ0v) is 10.2. The molecule has 94 valence electrons. The Morgan fingerprint density at radius 2 is 2.00 bits per heavy atom. The van der Waals surface area contributed by atoms with Crippen LogP contribution in [0.25, 0.3) is 0 Å². The molecular weight excluding hydrogens is 234 g/mol. The van der Waals surface area contributed by atoms with Gasteiger partial charge in [-0.3, -0.25) is 4.98 Å². The van der Waals surface area contributed by atoms with Crippen molar-refractivity contribution in [2.24, 2.45) is 0 Å². The molecule has 0 saturated heterocycles. The number of aromatic nitrogens is 1. The van der Waals surface area contributed by atoms with Gasteiger partial charge in [-0.1, -0.05) is 6.07 Å². The number of hydrogen-bond donors (Lipinski definition) is 1. The zero-order valence-electron chi connectivity index (χ0n) is 10.2. The molecule has 0 aliphatic heterocycles. The fourth-order valence-corrected chi connectivity index (χ4v) is 1.75. The Morgan fingerprint density at radius 3 is 2.72 bits per heavy atom. The molecule has 4 heteroatoms. The molecule has 1 aromatic carbocycles. The molecule has 0 aliphatic rings. The van der Waals surface area contributed by atoms with Crippen LogP contribution in [0.5, 0.6) is 0 Å². The van der Waals surface area contributed by atoms with Gasteiger partial charge in [-0.2, -0.15) is 0 Å². The van der Waals surface area contributed by atoms with E-state index in [1.165, 1.54) is 12.1 Å². The maximum absolute atomic E-state index is 13.4. The molecule has 1 N–H and O–H groups in total. The predicted octanol–water partition coefficient (Wildman–Crippen LogP) is 3.84. The number of rotatable bonds is 3. The lowest BCUT2D eigenvalue weighted by Crippen LogP contribution is -2.08. The summed E-state index contributed by atoms with van der Waals surface area (Å²) in [4.78, 5) is 3.80. The summed E-state index contributed by atoms with van der Waals surface area (Å²) in [7, 11) is 0. The second-order valence-electron chi connectivity index (χ2n) is 4.21. The Morgan fingerprint density at radius 1 is 1.22 bits per heavy atom. The van der Waals surface area contributed by atoms with E-state index in [-0.39, 0.29) is 17.7 Å². The fraction of sp³-hybridized carbons (Fsp3) is 0.214. The van der Waals surface area contributed by atoms with Crippen LogP contribution in [0.1, 0.15) is 24.1 Å². The average molecular weight is 248 g/mol. The third-order valence-corrected chi connectivity index (χ3v) is 2.87. The van der Waals surface area contributed by atoms with Crippen molar-refractivity contribution in [2.75, 3.05) is 5.32 Å². The molecule has 0 spiro atoms. The van der Waals surface area contributed by atoms with Gasteiger partial charge in [0.2, 0.25) is 0 Å². The first-order chi connectivity index (χ1) is 8.58. The van der Waals surface area contributed by atoms with Crippen molar-refractivity contribution >= 4 is 5.69 Å². The number of nitrogens with one attached hydrogen (secondary N) is 1. The van der Waals surface area contributed by atoms with Crippen LogP contribution in [0.2, 0.25) is 0 Å². The summed E-state index contributed by atoms with van der Waals surface area (Å²) in [6, 6.07) is 6.12. The molecule has 1 unspecified atom stereocenters. The summed E-state index contributed by atoms with van der Waals surface area (Å²) in [5.41, 5.74) is 1.97. The maximum atomic E-state index is 13.4. The van der Waals surface area contributed by atoms with Gasteiger partial charge in [0.05, 0.1) is 12.2 Å². The molecule has 0 bridgehead atoms. The molecule has 2 aromatic rings. The smallest absolute Gasteiger partial charge is 0.141 e. The highest BCUT2D eigenvalue weighted by atomic mass is 19.1. The van der Waals surface area contributed by atoms with Crippen LogP contribution in [-0.2, 0) is 0 Å². The average Bonchev–Trinajstić information content (AvgIpc) is 2.35. The third-order valence-electron chi connectivity index (χ3n) is 2.87. The third kappa shape index (κ3) is 2.64. The van der Waals surface area contributed by atoms with Crippen LogP contribution < -0.4 is 5.32 Å². The summed E-state index contributed by atoms with van der Waals surface area (Å²) in [6.45, 7) is 3.58. The molecule has 1 heterocycles. The fourth-order valence-electron chi connectivity index (χ4n) is 1.75. The van der Waals surface area contributed by atoms with E-state index >= 15 is 0 Å².